The van der Waals surface area contributed by atoms with Crippen LogP contribution in [-0.2, 0) is 6.54 Å². The maximum Gasteiger partial charge on any atom is 0.106 e. The van der Waals surface area contributed by atoms with E-state index in [0.29, 0.717) is 0 Å². The van der Waals surface area contributed by atoms with Gasteiger partial charge in [0, 0.05) is 24.7 Å². The first kappa shape index (κ1) is 8.64. The smallest absolute Gasteiger partial charge is 0.106 e. The lowest BCUT2D eigenvalue weighted by Gasteiger charge is -1.98. The molecule has 0 spiro atoms. The van der Waals surface area contributed by atoms with Crippen LogP contribution in [0.25, 0.3) is 0 Å². The summed E-state index contributed by atoms with van der Waals surface area (Å²) < 4.78 is 0. The maximum absolute atomic E-state index is 8.47. The molecule has 1 rings (SSSR count). The zero-order chi connectivity index (χ0) is 7.94. The first-order valence-electron chi connectivity index (χ1n) is 3.63. The van der Waals surface area contributed by atoms with Crippen LogP contribution in [-0.4, -0.2) is 23.2 Å². The molecule has 0 aromatic carbocycles. The molecule has 0 saturated carbocycles. The molecular weight excluding hydrogens is 160 g/mol. The van der Waals surface area contributed by atoms with Gasteiger partial charge in [0.1, 0.15) is 5.01 Å². The Morgan fingerprint density at radius 3 is 3.18 bits per heavy atom. The third kappa shape index (κ3) is 3.46. The van der Waals surface area contributed by atoms with Gasteiger partial charge in [-0.05, 0) is 13.0 Å². The van der Waals surface area contributed by atoms with Crippen LogP contribution in [0.5, 0.6) is 0 Å². The third-order valence-electron chi connectivity index (χ3n) is 1.27. The van der Waals surface area contributed by atoms with Crippen molar-refractivity contribution < 1.29 is 5.11 Å². The second-order valence-corrected chi connectivity index (χ2v) is 3.16. The number of aliphatic hydroxyl groups is 1. The van der Waals surface area contributed by atoms with Crippen molar-refractivity contribution in [2.45, 2.75) is 13.0 Å². The molecule has 3 nitrogen and oxygen atoms in total. The summed E-state index contributed by atoms with van der Waals surface area (Å²) in [6.45, 7) is 1.93. The fraction of sp³-hybridized carbons (Fsp3) is 0.571. The minimum atomic E-state index is 0.255. The summed E-state index contributed by atoms with van der Waals surface area (Å²) in [7, 11) is 0. The molecule has 0 atom stereocenters. The predicted octanol–water partition coefficient (Wildman–Crippen LogP) is 0.615. The van der Waals surface area contributed by atoms with Gasteiger partial charge in [-0.2, -0.15) is 0 Å². The van der Waals surface area contributed by atoms with Crippen LogP contribution < -0.4 is 5.32 Å². The number of aliphatic hydroxyl groups excluding tert-OH is 1. The molecule has 2 N–H and O–H groups in total. The van der Waals surface area contributed by atoms with Crippen LogP contribution in [0, 0.1) is 0 Å². The Balaban J connectivity index is 2.04. The van der Waals surface area contributed by atoms with Crippen molar-refractivity contribution in [1.82, 2.24) is 10.3 Å². The fourth-order valence-corrected chi connectivity index (χ4v) is 1.33. The Morgan fingerprint density at radius 1 is 1.64 bits per heavy atom. The van der Waals surface area contributed by atoms with Crippen molar-refractivity contribution in [3.05, 3.63) is 16.6 Å². The van der Waals surface area contributed by atoms with E-state index in [9.17, 15) is 0 Å². The van der Waals surface area contributed by atoms with Crippen molar-refractivity contribution in [2.24, 2.45) is 0 Å². The molecule has 0 saturated heterocycles. The highest BCUT2D eigenvalue weighted by atomic mass is 32.1. The first-order chi connectivity index (χ1) is 5.43. The molecule has 0 amide bonds. The highest BCUT2D eigenvalue weighted by Gasteiger charge is 1.92. The minimum Gasteiger partial charge on any atom is -0.396 e. The van der Waals surface area contributed by atoms with E-state index in [0.717, 1.165) is 24.5 Å². The number of nitrogens with zero attached hydrogens (tertiary/aromatic N) is 1. The molecule has 1 heterocycles. The summed E-state index contributed by atoms with van der Waals surface area (Å²) in [5.74, 6) is 0. The normalized spacial score (nSPS) is 10.3. The van der Waals surface area contributed by atoms with Crippen LogP contribution in [0.3, 0.4) is 0 Å². The standard InChI is InChI=1S/C7H12N2OS/c10-4-1-2-8-6-7-9-3-5-11-7/h3,5,8,10H,1-2,4,6H2. The number of hydrogen-bond acceptors (Lipinski definition) is 4. The Bertz CT molecular complexity index is 177. The number of thiazole rings is 1. The van der Waals surface area contributed by atoms with Crippen molar-refractivity contribution in [2.75, 3.05) is 13.2 Å². The zero-order valence-corrected chi connectivity index (χ0v) is 7.10. The van der Waals surface area contributed by atoms with Gasteiger partial charge < -0.3 is 10.4 Å². The molecule has 62 valence electrons. The van der Waals surface area contributed by atoms with Gasteiger partial charge in [0.05, 0.1) is 0 Å². The first-order valence-corrected chi connectivity index (χ1v) is 4.51. The highest BCUT2D eigenvalue weighted by Crippen LogP contribution is 2.01. The molecule has 11 heavy (non-hydrogen) atoms. The van der Waals surface area contributed by atoms with E-state index in [1.165, 1.54) is 0 Å². The SMILES string of the molecule is OCCCNCc1nccs1. The van der Waals surface area contributed by atoms with Crippen molar-refractivity contribution >= 4 is 11.3 Å². The molecule has 0 bridgehead atoms. The molecule has 1 aromatic rings. The summed E-state index contributed by atoms with van der Waals surface area (Å²) in [5.41, 5.74) is 0. The molecule has 1 aromatic heterocycles. The molecule has 0 aliphatic carbocycles. The number of aromatic nitrogens is 1. The van der Waals surface area contributed by atoms with Gasteiger partial charge in [-0.15, -0.1) is 11.3 Å². The van der Waals surface area contributed by atoms with Gasteiger partial charge in [-0.3, -0.25) is 0 Å². The molecule has 0 fully saturated rings. The summed E-state index contributed by atoms with van der Waals surface area (Å²) in [6.07, 6.45) is 2.61. The lowest BCUT2D eigenvalue weighted by atomic mass is 10.4. The van der Waals surface area contributed by atoms with Gasteiger partial charge in [0.25, 0.3) is 0 Å². The number of hydrogen-bond donors (Lipinski definition) is 2. The van der Waals surface area contributed by atoms with Crippen molar-refractivity contribution in [3.63, 3.8) is 0 Å². The van der Waals surface area contributed by atoms with Crippen LogP contribution in [0.2, 0.25) is 0 Å². The molecule has 4 heteroatoms. The number of nitrogens with one attached hydrogen (secondary N) is 1. The van der Waals surface area contributed by atoms with Crippen LogP contribution >= 0.6 is 11.3 Å². The average Bonchev–Trinajstić information content (AvgIpc) is 2.50. The van der Waals surface area contributed by atoms with Crippen molar-refractivity contribution in [1.29, 1.82) is 0 Å². The largest absolute Gasteiger partial charge is 0.396 e. The Morgan fingerprint density at radius 2 is 2.55 bits per heavy atom. The quantitative estimate of drug-likeness (QED) is 0.640. The highest BCUT2D eigenvalue weighted by molar-refractivity contribution is 7.09. The monoisotopic (exact) mass is 172 g/mol. The van der Waals surface area contributed by atoms with E-state index in [2.05, 4.69) is 10.3 Å². The molecule has 0 unspecified atom stereocenters. The van der Waals surface area contributed by atoms with E-state index in [4.69, 9.17) is 5.11 Å². The second kappa shape index (κ2) is 5.23. The van der Waals surface area contributed by atoms with E-state index in [-0.39, 0.29) is 6.61 Å². The number of rotatable bonds is 5. The fourth-order valence-electron chi connectivity index (χ4n) is 0.740. The van der Waals surface area contributed by atoms with Crippen LogP contribution in [0.1, 0.15) is 11.4 Å². The minimum absolute atomic E-state index is 0.255. The van der Waals surface area contributed by atoms with Gasteiger partial charge in [-0.25, -0.2) is 4.98 Å². The van der Waals surface area contributed by atoms with Crippen LogP contribution in [0.15, 0.2) is 11.6 Å². The maximum atomic E-state index is 8.47. The van der Waals surface area contributed by atoms with E-state index < -0.39 is 0 Å². The van der Waals surface area contributed by atoms with Gasteiger partial charge in [0.2, 0.25) is 0 Å². The Hall–Kier alpha value is -0.450. The Labute approximate surface area is 70.1 Å². The Kier molecular flexibility index (Phi) is 4.11. The summed E-state index contributed by atoms with van der Waals surface area (Å²) in [5, 5.41) is 14.7. The third-order valence-corrected chi connectivity index (χ3v) is 2.05. The lowest BCUT2D eigenvalue weighted by molar-refractivity contribution is 0.286. The predicted molar refractivity (Wildman–Crippen MR) is 45.5 cm³/mol. The van der Waals surface area contributed by atoms with Crippen LogP contribution in [0.4, 0.5) is 0 Å². The average molecular weight is 172 g/mol. The van der Waals surface area contributed by atoms with Crippen molar-refractivity contribution in [3.8, 4) is 0 Å². The molecule has 0 radical (unpaired) electrons. The van der Waals surface area contributed by atoms with Gasteiger partial charge in [-0.1, -0.05) is 0 Å². The molecule has 0 aliphatic heterocycles. The van der Waals surface area contributed by atoms with E-state index in [1.807, 2.05) is 5.38 Å². The van der Waals surface area contributed by atoms with E-state index in [1.54, 1.807) is 17.5 Å². The second-order valence-electron chi connectivity index (χ2n) is 2.18. The summed E-state index contributed by atoms with van der Waals surface area (Å²) in [6, 6.07) is 0. The summed E-state index contributed by atoms with van der Waals surface area (Å²) >= 11 is 1.64. The van der Waals surface area contributed by atoms with E-state index >= 15 is 0 Å². The molecular formula is C7H12N2OS. The molecule has 0 aliphatic rings. The summed E-state index contributed by atoms with van der Waals surface area (Å²) in [4.78, 5) is 4.11. The zero-order valence-electron chi connectivity index (χ0n) is 6.29. The topological polar surface area (TPSA) is 45.1 Å². The van der Waals surface area contributed by atoms with Gasteiger partial charge >= 0.3 is 0 Å². The lowest BCUT2D eigenvalue weighted by Crippen LogP contribution is -2.15. The van der Waals surface area contributed by atoms with Gasteiger partial charge in [0.15, 0.2) is 0 Å².